The quantitative estimate of drug-likeness (QED) is 0.830. The van der Waals surface area contributed by atoms with Gasteiger partial charge in [0.15, 0.2) is 0 Å². The summed E-state index contributed by atoms with van der Waals surface area (Å²) >= 11 is 0. The molecule has 2 N–H and O–H groups in total. The van der Waals surface area contributed by atoms with Crippen LogP contribution in [0.1, 0.15) is 40.7 Å². The fraction of sp³-hybridized carbons (Fsp3) is 0.300. The average Bonchev–Trinajstić information content (AvgIpc) is 2.57. The lowest BCUT2D eigenvalue weighted by Gasteiger charge is -2.40. The molecule has 2 aromatic rings. The first-order valence-electron chi connectivity index (χ1n) is 8.49. The number of carboxylic acid groups (broad SMARTS) is 1. The summed E-state index contributed by atoms with van der Waals surface area (Å²) in [5.74, 6) is -2.74. The van der Waals surface area contributed by atoms with Crippen molar-refractivity contribution < 1.29 is 23.5 Å². The van der Waals surface area contributed by atoms with E-state index in [-0.39, 0.29) is 17.0 Å². The third-order valence-corrected chi connectivity index (χ3v) is 4.98. The Balaban J connectivity index is 1.66. The maximum atomic E-state index is 14.1. The maximum Gasteiger partial charge on any atom is 0.335 e. The molecule has 136 valence electrons. The molecule has 26 heavy (non-hydrogen) atoms. The van der Waals surface area contributed by atoms with Crippen LogP contribution in [0.25, 0.3) is 0 Å². The summed E-state index contributed by atoms with van der Waals surface area (Å²) in [5.41, 5.74) is -0.214. The third-order valence-electron chi connectivity index (χ3n) is 4.98. The number of carbonyl (C=O) groups is 2. The van der Waals surface area contributed by atoms with Gasteiger partial charge in [0.2, 0.25) is 5.91 Å². The Morgan fingerprint density at radius 3 is 2.15 bits per heavy atom. The molecule has 1 amide bonds. The first-order valence-corrected chi connectivity index (χ1v) is 8.49. The second kappa shape index (κ2) is 7.23. The van der Waals surface area contributed by atoms with Gasteiger partial charge >= 0.3 is 5.97 Å². The lowest BCUT2D eigenvalue weighted by molar-refractivity contribution is -0.130. The van der Waals surface area contributed by atoms with Gasteiger partial charge in [-0.2, -0.15) is 0 Å². The van der Waals surface area contributed by atoms with Crippen LogP contribution in [0, 0.1) is 11.6 Å². The van der Waals surface area contributed by atoms with Crippen LogP contribution in [-0.2, 0) is 16.6 Å². The van der Waals surface area contributed by atoms with E-state index in [0.29, 0.717) is 25.8 Å². The molecular formula is C20H19F2NO3. The van der Waals surface area contributed by atoms with Crippen molar-refractivity contribution in [1.82, 2.24) is 5.32 Å². The van der Waals surface area contributed by atoms with Crippen LogP contribution < -0.4 is 5.32 Å². The highest BCUT2D eigenvalue weighted by Gasteiger charge is 2.48. The number of amides is 1. The molecule has 0 unspecified atom stereocenters. The average molecular weight is 359 g/mol. The predicted molar refractivity (Wildman–Crippen MR) is 92.0 cm³/mol. The van der Waals surface area contributed by atoms with Crippen molar-refractivity contribution in [2.45, 2.75) is 31.1 Å². The molecule has 3 rings (SSSR count). The third kappa shape index (κ3) is 3.31. The molecule has 0 bridgehead atoms. The van der Waals surface area contributed by atoms with Crippen LogP contribution in [0.2, 0.25) is 0 Å². The first kappa shape index (κ1) is 18.0. The minimum absolute atomic E-state index is 0.144. The SMILES string of the molecule is O=C(O)c1ccc(CCNC(=O)C2(c3c(F)cccc3F)CCC2)cc1. The van der Waals surface area contributed by atoms with E-state index in [9.17, 15) is 18.4 Å². The predicted octanol–water partition coefficient (Wildman–Crippen LogP) is 3.44. The molecule has 2 aromatic carbocycles. The van der Waals surface area contributed by atoms with Crippen molar-refractivity contribution >= 4 is 11.9 Å². The summed E-state index contributed by atoms with van der Waals surface area (Å²) in [4.78, 5) is 23.5. The summed E-state index contributed by atoms with van der Waals surface area (Å²) in [5, 5.41) is 11.7. The Hall–Kier alpha value is -2.76. The lowest BCUT2D eigenvalue weighted by Crippen LogP contribution is -2.50. The van der Waals surface area contributed by atoms with Gasteiger partial charge in [-0.25, -0.2) is 13.6 Å². The molecule has 0 spiro atoms. The molecule has 0 heterocycles. The highest BCUT2D eigenvalue weighted by Crippen LogP contribution is 2.45. The molecule has 6 heteroatoms. The Morgan fingerprint density at radius 2 is 1.65 bits per heavy atom. The first-order chi connectivity index (χ1) is 12.4. The van der Waals surface area contributed by atoms with E-state index < -0.39 is 23.0 Å². The Kier molecular flexibility index (Phi) is 5.02. The molecule has 1 fully saturated rings. The van der Waals surface area contributed by atoms with Gasteiger partial charge < -0.3 is 10.4 Å². The van der Waals surface area contributed by atoms with Crippen LogP contribution >= 0.6 is 0 Å². The molecule has 0 radical (unpaired) electrons. The standard InChI is InChI=1S/C20H19F2NO3/c21-15-3-1-4-16(22)17(15)20(10-2-11-20)19(26)23-12-9-13-5-7-14(8-6-13)18(24)25/h1,3-8H,2,9-12H2,(H,23,26)(H,24,25). The van der Waals surface area contributed by atoms with Gasteiger partial charge in [-0.05, 0) is 49.1 Å². The molecule has 1 aliphatic carbocycles. The van der Waals surface area contributed by atoms with E-state index in [0.717, 1.165) is 12.0 Å². The van der Waals surface area contributed by atoms with Gasteiger partial charge in [0, 0.05) is 12.1 Å². The highest BCUT2D eigenvalue weighted by atomic mass is 19.1. The normalized spacial score (nSPS) is 15.2. The molecule has 1 aliphatic rings. The van der Waals surface area contributed by atoms with E-state index in [4.69, 9.17) is 5.11 Å². The lowest BCUT2D eigenvalue weighted by atomic mass is 9.63. The van der Waals surface area contributed by atoms with E-state index in [1.165, 1.54) is 30.3 Å². The van der Waals surface area contributed by atoms with Crippen molar-refractivity contribution in [1.29, 1.82) is 0 Å². The van der Waals surface area contributed by atoms with Gasteiger partial charge in [-0.15, -0.1) is 0 Å². The van der Waals surface area contributed by atoms with Crippen molar-refractivity contribution in [2.75, 3.05) is 6.54 Å². The second-order valence-corrected chi connectivity index (χ2v) is 6.54. The van der Waals surface area contributed by atoms with Crippen molar-refractivity contribution in [3.05, 3.63) is 70.8 Å². The highest BCUT2D eigenvalue weighted by molar-refractivity contribution is 5.89. The van der Waals surface area contributed by atoms with E-state index in [1.807, 2.05) is 0 Å². The monoisotopic (exact) mass is 359 g/mol. The van der Waals surface area contributed by atoms with Crippen molar-refractivity contribution in [3.8, 4) is 0 Å². The molecule has 0 atom stereocenters. The van der Waals surface area contributed by atoms with Gasteiger partial charge in [0.25, 0.3) is 0 Å². The number of halogens is 2. The fourth-order valence-corrected chi connectivity index (χ4v) is 3.38. The molecular weight excluding hydrogens is 340 g/mol. The Bertz CT molecular complexity index is 809. The Labute approximate surface area is 149 Å². The number of carboxylic acids is 1. The maximum absolute atomic E-state index is 14.1. The van der Waals surface area contributed by atoms with Crippen LogP contribution in [-0.4, -0.2) is 23.5 Å². The van der Waals surface area contributed by atoms with Crippen molar-refractivity contribution in [2.24, 2.45) is 0 Å². The smallest absolute Gasteiger partial charge is 0.335 e. The summed E-state index contributed by atoms with van der Waals surface area (Å²) < 4.78 is 28.3. The van der Waals surface area contributed by atoms with E-state index in [2.05, 4.69) is 5.32 Å². The zero-order valence-corrected chi connectivity index (χ0v) is 14.1. The van der Waals surface area contributed by atoms with Gasteiger partial charge in [-0.1, -0.05) is 24.6 Å². The number of rotatable bonds is 6. The van der Waals surface area contributed by atoms with Gasteiger partial charge in [0.05, 0.1) is 11.0 Å². The zero-order valence-electron chi connectivity index (χ0n) is 14.1. The number of carbonyl (C=O) groups excluding carboxylic acids is 1. The minimum atomic E-state index is -1.14. The van der Waals surface area contributed by atoms with Gasteiger partial charge in [-0.3, -0.25) is 4.79 Å². The zero-order chi connectivity index (χ0) is 18.7. The van der Waals surface area contributed by atoms with Crippen LogP contribution in [0.4, 0.5) is 8.78 Å². The Morgan fingerprint density at radius 1 is 1.04 bits per heavy atom. The number of nitrogens with one attached hydrogen (secondary N) is 1. The number of hydrogen-bond donors (Lipinski definition) is 2. The topological polar surface area (TPSA) is 66.4 Å². The minimum Gasteiger partial charge on any atom is -0.478 e. The van der Waals surface area contributed by atoms with Crippen LogP contribution in [0.3, 0.4) is 0 Å². The molecule has 0 aromatic heterocycles. The summed E-state index contributed by atoms with van der Waals surface area (Å²) in [6, 6.07) is 10.0. The van der Waals surface area contributed by atoms with Gasteiger partial charge in [0.1, 0.15) is 11.6 Å². The molecule has 4 nitrogen and oxygen atoms in total. The number of benzene rings is 2. The summed E-state index contributed by atoms with van der Waals surface area (Å²) in [7, 11) is 0. The number of hydrogen-bond acceptors (Lipinski definition) is 2. The van der Waals surface area contributed by atoms with Crippen molar-refractivity contribution in [3.63, 3.8) is 0 Å². The molecule has 1 saturated carbocycles. The largest absolute Gasteiger partial charge is 0.478 e. The van der Waals surface area contributed by atoms with E-state index in [1.54, 1.807) is 12.1 Å². The fourth-order valence-electron chi connectivity index (χ4n) is 3.38. The molecule has 0 aliphatic heterocycles. The summed E-state index contributed by atoms with van der Waals surface area (Å²) in [6.07, 6.45) is 2.09. The summed E-state index contributed by atoms with van der Waals surface area (Å²) in [6.45, 7) is 0.309. The molecule has 0 saturated heterocycles. The number of aromatic carboxylic acids is 1. The van der Waals surface area contributed by atoms with Crippen LogP contribution in [0.5, 0.6) is 0 Å². The van der Waals surface area contributed by atoms with Crippen LogP contribution in [0.15, 0.2) is 42.5 Å². The second-order valence-electron chi connectivity index (χ2n) is 6.54. The van der Waals surface area contributed by atoms with E-state index >= 15 is 0 Å².